The lowest BCUT2D eigenvalue weighted by molar-refractivity contribution is -0.197. The van der Waals surface area contributed by atoms with Crippen molar-refractivity contribution in [2.45, 2.75) is 26.2 Å². The van der Waals surface area contributed by atoms with Crippen LogP contribution in [0, 0.1) is 6.92 Å². The molecule has 0 spiro atoms. The lowest BCUT2D eigenvalue weighted by Gasteiger charge is -2.12. The molecule has 2 heterocycles. The van der Waals surface area contributed by atoms with Crippen molar-refractivity contribution in [3.63, 3.8) is 0 Å². The third kappa shape index (κ3) is 3.85. The number of carbonyl (C=O) groups is 4. The summed E-state index contributed by atoms with van der Waals surface area (Å²) in [5.41, 5.74) is 2.07. The van der Waals surface area contributed by atoms with Crippen LogP contribution in [0.3, 0.4) is 0 Å². The number of carbonyl (C=O) groups excluding carboxylic acids is 4. The standard InChI is InChI=1S/C23H19ClN2O6/c1-13-17(12-22(29)32-26-20(27)9-10-21(26)28)18-11-16(31-2)7-8-19(18)25(13)23(30)14-3-5-15(24)6-4-14/h3-8,11H,9-10,12H2,1-2H3. The van der Waals surface area contributed by atoms with Crippen LogP contribution in [0.1, 0.15) is 34.5 Å². The molecule has 164 valence electrons. The van der Waals surface area contributed by atoms with Gasteiger partial charge in [0.05, 0.1) is 19.0 Å². The van der Waals surface area contributed by atoms with Crippen molar-refractivity contribution in [3.05, 3.63) is 64.3 Å². The molecule has 8 nitrogen and oxygen atoms in total. The Kier molecular flexibility index (Phi) is 5.71. The molecule has 1 aliphatic heterocycles. The van der Waals surface area contributed by atoms with Crippen molar-refractivity contribution >= 4 is 46.2 Å². The fourth-order valence-corrected chi connectivity index (χ4v) is 3.86. The Bertz CT molecular complexity index is 1250. The molecule has 1 fully saturated rings. The first kappa shape index (κ1) is 21.6. The van der Waals surface area contributed by atoms with Gasteiger partial charge in [-0.25, -0.2) is 4.79 Å². The second-order valence-corrected chi connectivity index (χ2v) is 7.75. The highest BCUT2D eigenvalue weighted by Gasteiger charge is 2.33. The SMILES string of the molecule is COc1ccc2c(c1)c(CC(=O)ON1C(=O)CCC1=O)c(C)n2C(=O)c1ccc(Cl)cc1. The summed E-state index contributed by atoms with van der Waals surface area (Å²) >= 11 is 5.94. The highest BCUT2D eigenvalue weighted by atomic mass is 35.5. The molecule has 2 aromatic carbocycles. The Morgan fingerprint density at radius 2 is 1.69 bits per heavy atom. The Balaban J connectivity index is 1.74. The Morgan fingerprint density at radius 3 is 2.31 bits per heavy atom. The molecule has 0 bridgehead atoms. The van der Waals surface area contributed by atoms with E-state index in [1.807, 2.05) is 0 Å². The molecule has 32 heavy (non-hydrogen) atoms. The average Bonchev–Trinajstić information content (AvgIpc) is 3.24. The number of halogens is 1. The molecule has 0 radical (unpaired) electrons. The Labute approximate surface area is 188 Å². The van der Waals surface area contributed by atoms with Gasteiger partial charge in [-0.1, -0.05) is 11.6 Å². The largest absolute Gasteiger partial charge is 0.497 e. The number of fused-ring (bicyclic) bond motifs is 1. The van der Waals surface area contributed by atoms with Crippen molar-refractivity contribution in [1.29, 1.82) is 0 Å². The topological polar surface area (TPSA) is 94.9 Å². The van der Waals surface area contributed by atoms with E-state index in [0.717, 1.165) is 0 Å². The summed E-state index contributed by atoms with van der Waals surface area (Å²) in [5, 5.41) is 1.64. The molecule has 1 saturated heterocycles. The molecule has 3 aromatic rings. The third-order valence-corrected chi connectivity index (χ3v) is 5.61. The van der Waals surface area contributed by atoms with Gasteiger partial charge in [-0.05, 0) is 55.0 Å². The average molecular weight is 455 g/mol. The van der Waals surface area contributed by atoms with Crippen molar-refractivity contribution < 1.29 is 28.8 Å². The van der Waals surface area contributed by atoms with E-state index < -0.39 is 17.8 Å². The molecule has 4 rings (SSSR count). The number of aromatic nitrogens is 1. The molecule has 0 N–H and O–H groups in total. The maximum atomic E-state index is 13.3. The fraction of sp³-hybridized carbons (Fsp3) is 0.217. The molecule has 1 aromatic heterocycles. The number of hydrogen-bond acceptors (Lipinski definition) is 6. The highest BCUT2D eigenvalue weighted by molar-refractivity contribution is 6.30. The lowest BCUT2D eigenvalue weighted by atomic mass is 10.1. The molecule has 9 heteroatoms. The second-order valence-electron chi connectivity index (χ2n) is 7.32. The van der Waals surface area contributed by atoms with Crippen LogP contribution >= 0.6 is 11.6 Å². The van der Waals surface area contributed by atoms with Gasteiger partial charge in [-0.3, -0.25) is 19.0 Å². The van der Waals surface area contributed by atoms with E-state index in [0.29, 0.717) is 43.6 Å². The van der Waals surface area contributed by atoms with Crippen molar-refractivity contribution in [2.75, 3.05) is 7.11 Å². The number of amides is 2. The zero-order valence-corrected chi connectivity index (χ0v) is 18.1. The highest BCUT2D eigenvalue weighted by Crippen LogP contribution is 2.31. The van der Waals surface area contributed by atoms with Crippen LogP contribution in [0.4, 0.5) is 0 Å². The van der Waals surface area contributed by atoms with E-state index in [1.54, 1.807) is 49.4 Å². The van der Waals surface area contributed by atoms with Gasteiger partial charge in [0.25, 0.3) is 17.7 Å². The summed E-state index contributed by atoms with van der Waals surface area (Å²) in [6, 6.07) is 11.7. The number of benzene rings is 2. The first-order chi connectivity index (χ1) is 15.3. The Hall–Kier alpha value is -3.65. The second kappa shape index (κ2) is 8.47. The smallest absolute Gasteiger partial charge is 0.337 e. The van der Waals surface area contributed by atoms with Gasteiger partial charge in [0.15, 0.2) is 0 Å². The molecule has 0 aliphatic carbocycles. The van der Waals surface area contributed by atoms with Gasteiger partial charge < -0.3 is 9.57 Å². The number of methoxy groups -OCH3 is 1. The number of ether oxygens (including phenoxy) is 1. The number of rotatable bonds is 5. The molecule has 0 unspecified atom stereocenters. The summed E-state index contributed by atoms with van der Waals surface area (Å²) in [4.78, 5) is 54.4. The van der Waals surface area contributed by atoms with Crippen molar-refractivity contribution in [3.8, 4) is 5.75 Å². The van der Waals surface area contributed by atoms with E-state index in [1.165, 1.54) is 11.7 Å². The molecule has 1 aliphatic rings. The number of hydroxylamine groups is 2. The predicted molar refractivity (Wildman–Crippen MR) is 115 cm³/mol. The summed E-state index contributed by atoms with van der Waals surface area (Å²) in [7, 11) is 1.52. The number of hydrogen-bond donors (Lipinski definition) is 0. The van der Waals surface area contributed by atoms with Gasteiger partial charge >= 0.3 is 5.97 Å². The minimum Gasteiger partial charge on any atom is -0.497 e. The molecular weight excluding hydrogens is 436 g/mol. The van der Waals surface area contributed by atoms with E-state index in [9.17, 15) is 19.2 Å². The maximum Gasteiger partial charge on any atom is 0.337 e. The normalized spacial score (nSPS) is 13.7. The van der Waals surface area contributed by atoms with Crippen molar-refractivity contribution in [2.24, 2.45) is 0 Å². The van der Waals surface area contributed by atoms with Gasteiger partial charge in [-0.2, -0.15) is 0 Å². The first-order valence-electron chi connectivity index (χ1n) is 9.85. The quantitative estimate of drug-likeness (QED) is 0.548. The zero-order valence-electron chi connectivity index (χ0n) is 17.4. The van der Waals surface area contributed by atoms with Crippen LogP contribution in [0.5, 0.6) is 5.75 Å². The van der Waals surface area contributed by atoms with Gasteiger partial charge in [0.1, 0.15) is 5.75 Å². The van der Waals surface area contributed by atoms with Crippen LogP contribution in [0.25, 0.3) is 10.9 Å². The maximum absolute atomic E-state index is 13.3. The van der Waals surface area contributed by atoms with Crippen LogP contribution in [-0.2, 0) is 25.6 Å². The number of imide groups is 1. The number of nitrogens with zero attached hydrogens (tertiary/aromatic N) is 2. The third-order valence-electron chi connectivity index (χ3n) is 5.36. The first-order valence-corrected chi connectivity index (χ1v) is 10.2. The molecule has 2 amide bonds. The summed E-state index contributed by atoms with van der Waals surface area (Å²) in [5.74, 6) is -1.63. The van der Waals surface area contributed by atoms with E-state index in [-0.39, 0.29) is 25.2 Å². The van der Waals surface area contributed by atoms with Crippen LogP contribution < -0.4 is 4.74 Å². The van der Waals surface area contributed by atoms with E-state index >= 15 is 0 Å². The van der Waals surface area contributed by atoms with Crippen LogP contribution in [0.2, 0.25) is 5.02 Å². The van der Waals surface area contributed by atoms with Crippen molar-refractivity contribution in [1.82, 2.24) is 9.63 Å². The summed E-state index contributed by atoms with van der Waals surface area (Å²) < 4.78 is 6.81. The minimum absolute atomic E-state index is 0.0112. The Morgan fingerprint density at radius 1 is 1.03 bits per heavy atom. The van der Waals surface area contributed by atoms with Gasteiger partial charge in [0, 0.05) is 34.5 Å². The predicted octanol–water partition coefficient (Wildman–Crippen LogP) is 3.45. The monoisotopic (exact) mass is 454 g/mol. The van der Waals surface area contributed by atoms with Gasteiger partial charge in [0.2, 0.25) is 0 Å². The molecular formula is C23H19ClN2O6. The zero-order chi connectivity index (χ0) is 23.0. The van der Waals surface area contributed by atoms with Crippen LogP contribution in [-0.4, -0.2) is 40.4 Å². The van der Waals surface area contributed by atoms with E-state index in [4.69, 9.17) is 21.2 Å². The molecule has 0 saturated carbocycles. The summed E-state index contributed by atoms with van der Waals surface area (Å²) in [6.45, 7) is 1.72. The summed E-state index contributed by atoms with van der Waals surface area (Å²) in [6.07, 6.45) is -0.220. The lowest BCUT2D eigenvalue weighted by Crippen LogP contribution is -2.32. The van der Waals surface area contributed by atoms with Gasteiger partial charge in [-0.15, -0.1) is 5.06 Å². The molecule has 0 atom stereocenters. The van der Waals surface area contributed by atoms with E-state index in [2.05, 4.69) is 0 Å². The minimum atomic E-state index is -0.780. The van der Waals surface area contributed by atoms with Crippen LogP contribution in [0.15, 0.2) is 42.5 Å². The fourth-order valence-electron chi connectivity index (χ4n) is 3.73.